The molecule has 0 unspecified atom stereocenters. The number of hydrogen-bond donors (Lipinski definition) is 1. The van der Waals surface area contributed by atoms with Crippen LogP contribution in [0.4, 0.5) is 0 Å². The van der Waals surface area contributed by atoms with Gasteiger partial charge in [0, 0.05) is 5.92 Å². The Morgan fingerprint density at radius 3 is 1.70 bits per heavy atom. The van der Waals surface area contributed by atoms with E-state index in [4.69, 9.17) is 35.1 Å². The summed E-state index contributed by atoms with van der Waals surface area (Å²) in [6.45, 7) is 2.79. The molecule has 7 nitrogen and oxygen atoms in total. The lowest BCUT2D eigenvalue weighted by Crippen LogP contribution is -2.46. The maximum absolute atomic E-state index is 5.64. The van der Waals surface area contributed by atoms with Gasteiger partial charge in [-0.3, -0.25) is 0 Å². The van der Waals surface area contributed by atoms with E-state index in [-0.39, 0.29) is 5.92 Å². The van der Waals surface area contributed by atoms with Gasteiger partial charge < -0.3 is 5.73 Å². The Hall–Kier alpha value is -0.280. The summed E-state index contributed by atoms with van der Waals surface area (Å²) in [5.74, 6) is -1.69. The first-order chi connectivity index (χ1) is 11.2. The van der Waals surface area contributed by atoms with E-state index < -0.39 is 5.97 Å². The van der Waals surface area contributed by atoms with Crippen LogP contribution in [0.25, 0.3) is 0 Å². The quantitative estimate of drug-likeness (QED) is 0.188. The van der Waals surface area contributed by atoms with Gasteiger partial charge in [-0.25, -0.2) is 14.7 Å². The summed E-state index contributed by atoms with van der Waals surface area (Å²) in [5, 5.41) is 0. The summed E-state index contributed by atoms with van der Waals surface area (Å²) in [6.07, 6.45) is 9.62. The molecule has 0 aliphatic rings. The maximum Gasteiger partial charge on any atom is 0.368 e. The molecular formula is C16H35NO6. The predicted octanol–water partition coefficient (Wildman–Crippen LogP) is 3.48. The Kier molecular flexibility index (Phi) is 15.1. The fraction of sp³-hybridized carbons (Fsp3) is 1.00. The van der Waals surface area contributed by atoms with Crippen molar-refractivity contribution < 1.29 is 29.3 Å². The van der Waals surface area contributed by atoms with Crippen molar-refractivity contribution in [2.75, 3.05) is 27.9 Å². The molecule has 0 heterocycles. The highest BCUT2D eigenvalue weighted by Gasteiger charge is 2.46. The van der Waals surface area contributed by atoms with E-state index in [2.05, 4.69) is 6.92 Å². The number of unbranched alkanes of at least 4 members (excludes halogenated alkanes) is 5. The summed E-state index contributed by atoms with van der Waals surface area (Å²) >= 11 is 0. The van der Waals surface area contributed by atoms with Crippen molar-refractivity contribution >= 4 is 0 Å². The van der Waals surface area contributed by atoms with Crippen molar-refractivity contribution in [2.24, 2.45) is 11.7 Å². The van der Waals surface area contributed by atoms with Crippen molar-refractivity contribution in [3.63, 3.8) is 0 Å². The van der Waals surface area contributed by atoms with Crippen LogP contribution in [0.2, 0.25) is 0 Å². The molecule has 0 bridgehead atoms. The van der Waals surface area contributed by atoms with E-state index in [1.165, 1.54) is 47.0 Å². The third-order valence-corrected chi connectivity index (χ3v) is 3.76. The molecule has 0 amide bonds. The highest BCUT2D eigenvalue weighted by molar-refractivity contribution is 4.70. The minimum absolute atomic E-state index is 0.128. The highest BCUT2D eigenvalue weighted by atomic mass is 17.4. The van der Waals surface area contributed by atoms with E-state index in [9.17, 15) is 0 Å². The molecule has 2 N–H and O–H groups in total. The summed E-state index contributed by atoms with van der Waals surface area (Å²) in [7, 11) is 4.16. The average Bonchev–Trinajstić information content (AvgIpc) is 2.54. The van der Waals surface area contributed by atoms with E-state index in [1.54, 1.807) is 0 Å². The zero-order valence-corrected chi connectivity index (χ0v) is 15.2. The average molecular weight is 337 g/mol. The van der Waals surface area contributed by atoms with Crippen LogP contribution in [-0.2, 0) is 29.3 Å². The van der Waals surface area contributed by atoms with Crippen molar-refractivity contribution in [3.05, 3.63) is 0 Å². The second-order valence-corrected chi connectivity index (χ2v) is 5.54. The fourth-order valence-electron chi connectivity index (χ4n) is 2.63. The summed E-state index contributed by atoms with van der Waals surface area (Å²) in [6, 6.07) is 0. The van der Waals surface area contributed by atoms with Crippen LogP contribution in [0.15, 0.2) is 0 Å². The van der Waals surface area contributed by atoms with Crippen LogP contribution in [0.1, 0.15) is 64.7 Å². The maximum atomic E-state index is 5.64. The van der Waals surface area contributed by atoms with Crippen LogP contribution in [0, 0.1) is 5.92 Å². The summed E-state index contributed by atoms with van der Waals surface area (Å²) in [4.78, 5) is 30.1. The van der Waals surface area contributed by atoms with Gasteiger partial charge in [-0.2, -0.15) is 14.7 Å². The lowest BCUT2D eigenvalue weighted by Gasteiger charge is -2.34. The molecule has 0 rings (SSSR count). The molecule has 0 aromatic rings. The van der Waals surface area contributed by atoms with E-state index >= 15 is 0 Å². The van der Waals surface area contributed by atoms with Gasteiger partial charge in [0.2, 0.25) is 0 Å². The van der Waals surface area contributed by atoms with Gasteiger partial charge in [-0.05, 0) is 25.8 Å². The Bertz CT molecular complexity index is 238. The van der Waals surface area contributed by atoms with Crippen molar-refractivity contribution in [1.29, 1.82) is 0 Å². The van der Waals surface area contributed by atoms with Gasteiger partial charge in [0.25, 0.3) is 0 Å². The first-order valence-corrected chi connectivity index (χ1v) is 8.56. The zero-order valence-electron chi connectivity index (χ0n) is 15.2. The van der Waals surface area contributed by atoms with Gasteiger partial charge in [0.05, 0.1) is 21.3 Å². The standard InChI is InChI=1S/C16H35NO6/c1-5-6-7-8-9-10-12-15(13-11-14-17)16(21-18-2,22-19-3)23-20-4/h15H,5-14,17H2,1-4H3/t15-/m1/s1. The molecular weight excluding hydrogens is 302 g/mol. The molecule has 0 saturated carbocycles. The van der Waals surface area contributed by atoms with Crippen LogP contribution < -0.4 is 5.73 Å². The molecule has 0 spiro atoms. The summed E-state index contributed by atoms with van der Waals surface area (Å²) in [5.41, 5.74) is 5.64. The van der Waals surface area contributed by atoms with Crippen molar-refractivity contribution in [1.82, 2.24) is 0 Å². The van der Waals surface area contributed by atoms with E-state index in [0.29, 0.717) is 6.54 Å². The van der Waals surface area contributed by atoms with Crippen LogP contribution in [0.3, 0.4) is 0 Å². The van der Waals surface area contributed by atoms with Gasteiger partial charge in [-0.1, -0.05) is 45.4 Å². The number of rotatable bonds is 17. The summed E-state index contributed by atoms with van der Waals surface area (Å²) < 4.78 is 0. The lowest BCUT2D eigenvalue weighted by molar-refractivity contribution is -0.635. The van der Waals surface area contributed by atoms with Gasteiger partial charge >= 0.3 is 5.97 Å². The topological polar surface area (TPSA) is 81.4 Å². The predicted molar refractivity (Wildman–Crippen MR) is 86.8 cm³/mol. The molecule has 0 fully saturated rings. The fourth-order valence-corrected chi connectivity index (χ4v) is 2.63. The lowest BCUT2D eigenvalue weighted by atomic mass is 9.93. The van der Waals surface area contributed by atoms with Crippen LogP contribution >= 0.6 is 0 Å². The number of nitrogens with two attached hydrogens (primary N) is 1. The first-order valence-electron chi connectivity index (χ1n) is 8.56. The Labute approximate surface area is 140 Å². The van der Waals surface area contributed by atoms with E-state index in [0.717, 1.165) is 32.1 Å². The second-order valence-electron chi connectivity index (χ2n) is 5.54. The monoisotopic (exact) mass is 337 g/mol. The smallest absolute Gasteiger partial charge is 0.330 e. The minimum atomic E-state index is -1.56. The molecule has 23 heavy (non-hydrogen) atoms. The van der Waals surface area contributed by atoms with Gasteiger partial charge in [0.1, 0.15) is 0 Å². The van der Waals surface area contributed by atoms with Crippen LogP contribution in [0.5, 0.6) is 0 Å². The molecule has 0 saturated heterocycles. The third kappa shape index (κ3) is 9.56. The normalized spacial score (nSPS) is 13.4. The Balaban J connectivity index is 4.68. The van der Waals surface area contributed by atoms with E-state index in [1.807, 2.05) is 0 Å². The van der Waals surface area contributed by atoms with Crippen molar-refractivity contribution in [2.45, 2.75) is 70.7 Å². The molecule has 0 aliphatic heterocycles. The Morgan fingerprint density at radius 1 is 0.739 bits per heavy atom. The molecule has 0 aromatic heterocycles. The second kappa shape index (κ2) is 15.3. The third-order valence-electron chi connectivity index (χ3n) is 3.76. The van der Waals surface area contributed by atoms with Gasteiger partial charge in [-0.15, -0.1) is 0 Å². The van der Waals surface area contributed by atoms with Crippen LogP contribution in [-0.4, -0.2) is 33.8 Å². The molecule has 1 atom stereocenters. The molecule has 0 radical (unpaired) electrons. The highest BCUT2D eigenvalue weighted by Crippen LogP contribution is 2.34. The molecule has 7 heteroatoms. The first kappa shape index (κ1) is 22.7. The largest absolute Gasteiger partial charge is 0.368 e. The minimum Gasteiger partial charge on any atom is -0.330 e. The molecule has 0 aromatic carbocycles. The van der Waals surface area contributed by atoms with Crippen molar-refractivity contribution in [3.8, 4) is 0 Å². The molecule has 0 aliphatic carbocycles. The molecule has 140 valence electrons. The zero-order chi connectivity index (χ0) is 17.4. The van der Waals surface area contributed by atoms with Gasteiger partial charge in [0.15, 0.2) is 0 Å². The SMILES string of the molecule is CCCCCCCC[C@H](CCCN)C(OOC)(OOC)OOC. The Morgan fingerprint density at radius 2 is 1.22 bits per heavy atom. The number of hydrogen-bond acceptors (Lipinski definition) is 7.